The fourth-order valence-corrected chi connectivity index (χ4v) is 3.96. The Hall–Kier alpha value is -2.32. The number of pyridine rings is 1. The van der Waals surface area contributed by atoms with Crippen molar-refractivity contribution in [3.05, 3.63) is 46.7 Å². The maximum atomic E-state index is 12.6. The Bertz CT molecular complexity index is 715. The van der Waals surface area contributed by atoms with E-state index in [9.17, 15) is 9.59 Å². The molecule has 0 saturated carbocycles. The molecule has 2 aromatic heterocycles. The molecule has 26 heavy (non-hydrogen) atoms. The molecule has 1 fully saturated rings. The molecule has 1 atom stereocenters. The van der Waals surface area contributed by atoms with Crippen LogP contribution in [0.2, 0.25) is 0 Å². The highest BCUT2D eigenvalue weighted by atomic mass is 32.1. The van der Waals surface area contributed by atoms with Crippen molar-refractivity contribution in [3.8, 4) is 0 Å². The second kappa shape index (κ2) is 8.86. The van der Waals surface area contributed by atoms with Crippen LogP contribution in [0.3, 0.4) is 0 Å². The summed E-state index contributed by atoms with van der Waals surface area (Å²) in [6, 6.07) is 5.09. The minimum atomic E-state index is -0.205. The van der Waals surface area contributed by atoms with Crippen molar-refractivity contribution in [1.82, 2.24) is 20.2 Å². The normalized spacial score (nSPS) is 16.3. The van der Waals surface area contributed by atoms with Gasteiger partial charge in [0.05, 0.1) is 6.04 Å². The number of carbonyl (C=O) groups excluding carboxylic acids is 2. The van der Waals surface area contributed by atoms with E-state index in [-0.39, 0.29) is 30.4 Å². The third-order valence-electron chi connectivity index (χ3n) is 4.53. The standard InChI is InChI=1S/C18H22N4O3S/c1-25-12-15(23)22-9-5-13(6-10-22)16(18-20-8-11-26-18)21-17(24)14-4-2-3-7-19-14/h2-4,7-8,11,13,16H,5-6,9-10,12H2,1H3,(H,21,24)/t16-/m1/s1. The van der Waals surface area contributed by atoms with E-state index < -0.39 is 0 Å². The van der Waals surface area contributed by atoms with Gasteiger partial charge >= 0.3 is 0 Å². The summed E-state index contributed by atoms with van der Waals surface area (Å²) in [6.07, 6.45) is 4.97. The van der Waals surface area contributed by atoms with E-state index in [4.69, 9.17) is 4.74 Å². The maximum Gasteiger partial charge on any atom is 0.270 e. The van der Waals surface area contributed by atoms with Crippen molar-refractivity contribution in [2.24, 2.45) is 5.92 Å². The first-order valence-corrected chi connectivity index (χ1v) is 9.45. The molecule has 3 rings (SSSR count). The number of hydrogen-bond donors (Lipinski definition) is 1. The van der Waals surface area contributed by atoms with Crippen LogP contribution in [0.25, 0.3) is 0 Å². The van der Waals surface area contributed by atoms with Crippen LogP contribution < -0.4 is 5.32 Å². The third-order valence-corrected chi connectivity index (χ3v) is 5.39. The van der Waals surface area contributed by atoms with Gasteiger partial charge in [-0.3, -0.25) is 14.6 Å². The van der Waals surface area contributed by atoms with Gasteiger partial charge in [-0.2, -0.15) is 0 Å². The summed E-state index contributed by atoms with van der Waals surface area (Å²) in [5.74, 6) is 0.0263. The van der Waals surface area contributed by atoms with Gasteiger partial charge in [0.2, 0.25) is 5.91 Å². The molecule has 2 aromatic rings. The first kappa shape index (κ1) is 18.5. The first-order chi connectivity index (χ1) is 12.7. The highest BCUT2D eigenvalue weighted by Crippen LogP contribution is 2.32. The predicted octanol–water partition coefficient (Wildman–Crippen LogP) is 1.89. The predicted molar refractivity (Wildman–Crippen MR) is 97.7 cm³/mol. The van der Waals surface area contributed by atoms with Gasteiger partial charge in [-0.05, 0) is 30.9 Å². The Morgan fingerprint density at radius 1 is 1.31 bits per heavy atom. The van der Waals surface area contributed by atoms with Crippen LogP contribution in [0.15, 0.2) is 36.0 Å². The fourth-order valence-electron chi connectivity index (χ4n) is 3.18. The van der Waals surface area contributed by atoms with Crippen LogP contribution in [0.1, 0.15) is 34.4 Å². The Morgan fingerprint density at radius 2 is 2.12 bits per heavy atom. The molecule has 1 saturated heterocycles. The molecule has 0 bridgehead atoms. The molecule has 1 aliphatic rings. The molecule has 8 heteroatoms. The Balaban J connectivity index is 1.68. The van der Waals surface area contributed by atoms with Crippen LogP contribution in [0.4, 0.5) is 0 Å². The molecule has 1 N–H and O–H groups in total. The zero-order valence-corrected chi connectivity index (χ0v) is 15.4. The van der Waals surface area contributed by atoms with Crippen LogP contribution in [-0.2, 0) is 9.53 Å². The van der Waals surface area contributed by atoms with Crippen LogP contribution in [0, 0.1) is 5.92 Å². The number of rotatable bonds is 6. The quantitative estimate of drug-likeness (QED) is 0.835. The van der Waals surface area contributed by atoms with Gasteiger partial charge in [-0.25, -0.2) is 4.98 Å². The zero-order chi connectivity index (χ0) is 18.4. The van der Waals surface area contributed by atoms with Crippen LogP contribution >= 0.6 is 11.3 Å². The molecule has 0 aromatic carbocycles. The number of amides is 2. The molecule has 0 aliphatic carbocycles. The summed E-state index contributed by atoms with van der Waals surface area (Å²) >= 11 is 1.53. The molecule has 1 aliphatic heterocycles. The van der Waals surface area contributed by atoms with Gasteiger partial charge in [0, 0.05) is 38.0 Å². The van der Waals surface area contributed by atoms with Crippen LogP contribution in [-0.4, -0.2) is 53.5 Å². The van der Waals surface area contributed by atoms with Crippen molar-refractivity contribution in [2.75, 3.05) is 26.8 Å². The molecule has 138 valence electrons. The number of piperidine rings is 1. The molecule has 0 unspecified atom stereocenters. The summed E-state index contributed by atoms with van der Waals surface area (Å²) in [5.41, 5.74) is 0.391. The SMILES string of the molecule is COCC(=O)N1CCC([C@@H](NC(=O)c2ccccn2)c2nccs2)CC1. The average Bonchev–Trinajstić information content (AvgIpc) is 3.21. The molecule has 0 spiro atoms. The molecular weight excluding hydrogens is 352 g/mol. The van der Waals surface area contributed by atoms with E-state index in [0.29, 0.717) is 18.8 Å². The number of methoxy groups -OCH3 is 1. The van der Waals surface area contributed by atoms with Gasteiger partial charge < -0.3 is 15.0 Å². The van der Waals surface area contributed by atoms with Crippen LogP contribution in [0.5, 0.6) is 0 Å². The van der Waals surface area contributed by atoms with E-state index in [1.165, 1.54) is 18.4 Å². The lowest BCUT2D eigenvalue weighted by Crippen LogP contribution is -2.44. The number of hydrogen-bond acceptors (Lipinski definition) is 6. The monoisotopic (exact) mass is 374 g/mol. The van der Waals surface area contributed by atoms with E-state index in [2.05, 4.69) is 15.3 Å². The highest BCUT2D eigenvalue weighted by Gasteiger charge is 2.32. The number of nitrogens with zero attached hydrogens (tertiary/aromatic N) is 3. The summed E-state index contributed by atoms with van der Waals surface area (Å²) in [5, 5.41) is 5.89. The Morgan fingerprint density at radius 3 is 2.73 bits per heavy atom. The number of likely N-dealkylation sites (tertiary alicyclic amines) is 1. The average molecular weight is 374 g/mol. The first-order valence-electron chi connectivity index (χ1n) is 8.57. The molecule has 2 amide bonds. The van der Waals surface area contributed by atoms with E-state index in [1.54, 1.807) is 30.6 Å². The third kappa shape index (κ3) is 4.44. The fraction of sp³-hybridized carbons (Fsp3) is 0.444. The Kier molecular flexibility index (Phi) is 6.30. The maximum absolute atomic E-state index is 12.6. The zero-order valence-electron chi connectivity index (χ0n) is 14.6. The number of nitrogens with one attached hydrogen (secondary N) is 1. The smallest absolute Gasteiger partial charge is 0.270 e. The van der Waals surface area contributed by atoms with E-state index >= 15 is 0 Å². The number of carbonyl (C=O) groups is 2. The molecule has 3 heterocycles. The summed E-state index contributed by atoms with van der Waals surface area (Å²) in [4.78, 5) is 34.9. The number of thiazole rings is 1. The van der Waals surface area contributed by atoms with Crippen molar-refractivity contribution < 1.29 is 14.3 Å². The number of aromatic nitrogens is 2. The van der Waals surface area contributed by atoms with Gasteiger partial charge in [0.15, 0.2) is 0 Å². The summed E-state index contributed by atoms with van der Waals surface area (Å²) in [7, 11) is 1.52. The molecule has 7 nitrogen and oxygen atoms in total. The highest BCUT2D eigenvalue weighted by molar-refractivity contribution is 7.09. The van der Waals surface area contributed by atoms with E-state index in [0.717, 1.165) is 17.8 Å². The Labute approximate surface area is 156 Å². The summed E-state index contributed by atoms with van der Waals surface area (Å²) < 4.78 is 4.93. The summed E-state index contributed by atoms with van der Waals surface area (Å²) in [6.45, 7) is 1.43. The van der Waals surface area contributed by atoms with Gasteiger partial charge in [-0.15, -0.1) is 11.3 Å². The van der Waals surface area contributed by atoms with Crippen molar-refractivity contribution in [3.63, 3.8) is 0 Å². The second-order valence-electron chi connectivity index (χ2n) is 6.19. The molecule has 0 radical (unpaired) electrons. The van der Waals surface area contributed by atoms with Gasteiger partial charge in [0.1, 0.15) is 17.3 Å². The number of ether oxygens (including phenoxy) is 1. The largest absolute Gasteiger partial charge is 0.375 e. The molecular formula is C18H22N4O3S. The lowest BCUT2D eigenvalue weighted by atomic mass is 9.89. The van der Waals surface area contributed by atoms with Crippen molar-refractivity contribution in [1.29, 1.82) is 0 Å². The lowest BCUT2D eigenvalue weighted by Gasteiger charge is -2.35. The van der Waals surface area contributed by atoms with Gasteiger partial charge in [-0.1, -0.05) is 6.07 Å². The van der Waals surface area contributed by atoms with Crippen molar-refractivity contribution >= 4 is 23.2 Å². The van der Waals surface area contributed by atoms with E-state index in [1.807, 2.05) is 10.3 Å². The lowest BCUT2D eigenvalue weighted by molar-refractivity contribution is -0.136. The second-order valence-corrected chi connectivity index (χ2v) is 7.11. The van der Waals surface area contributed by atoms with Crippen molar-refractivity contribution in [2.45, 2.75) is 18.9 Å². The van der Waals surface area contributed by atoms with Gasteiger partial charge in [0.25, 0.3) is 5.91 Å². The minimum Gasteiger partial charge on any atom is -0.375 e. The topological polar surface area (TPSA) is 84.4 Å². The minimum absolute atomic E-state index is 0.00858.